The first kappa shape index (κ1) is 23.7. The number of nitrogens with one attached hydrogen (secondary N) is 1. The summed E-state index contributed by atoms with van der Waals surface area (Å²) < 4.78 is 34.2. The Morgan fingerprint density at radius 2 is 1.69 bits per heavy atom. The zero-order valence-electron chi connectivity index (χ0n) is 18.0. The number of amides is 1. The summed E-state index contributed by atoms with van der Waals surface area (Å²) in [6.07, 6.45) is 0.517. The van der Waals surface area contributed by atoms with Gasteiger partial charge < -0.3 is 23.9 Å². The lowest BCUT2D eigenvalue weighted by Gasteiger charge is -2.15. The predicted octanol–water partition coefficient (Wildman–Crippen LogP) is 4.24. The fraction of sp³-hybridized carbons (Fsp3) is 0.261. The van der Waals surface area contributed by atoms with Gasteiger partial charge in [0, 0.05) is 22.0 Å². The number of furan rings is 1. The molecule has 0 radical (unpaired) electrons. The van der Waals surface area contributed by atoms with Crippen LogP contribution in [0.15, 0.2) is 57.8 Å². The van der Waals surface area contributed by atoms with Crippen LogP contribution in [-0.2, 0) is 23.0 Å². The molecule has 0 saturated carbocycles. The highest BCUT2D eigenvalue weighted by atomic mass is 35.5. The first-order valence-electron chi connectivity index (χ1n) is 9.75. The van der Waals surface area contributed by atoms with Crippen LogP contribution in [0.1, 0.15) is 21.9 Å². The molecule has 1 N–H and O–H groups in total. The summed E-state index contributed by atoms with van der Waals surface area (Å²) in [5.41, 5.74) is 0.865. The molecular formula is C23H24ClNO6S. The predicted molar refractivity (Wildman–Crippen MR) is 122 cm³/mol. The lowest BCUT2D eigenvalue weighted by Crippen LogP contribution is -2.25. The molecule has 3 aromatic rings. The number of ether oxygens (including phenoxy) is 3. The minimum absolute atomic E-state index is 0.160. The molecule has 1 atom stereocenters. The number of carbonyl (C=O) groups excluding carboxylic acids is 1. The molecule has 0 bridgehead atoms. The molecular weight excluding hydrogens is 454 g/mol. The minimum atomic E-state index is -1.30. The number of benzene rings is 2. The van der Waals surface area contributed by atoms with Gasteiger partial charge in [0.25, 0.3) is 5.91 Å². The molecule has 2 aromatic carbocycles. The van der Waals surface area contributed by atoms with Crippen LogP contribution in [0.5, 0.6) is 17.2 Å². The highest BCUT2D eigenvalue weighted by Gasteiger charge is 2.17. The molecule has 9 heteroatoms. The summed E-state index contributed by atoms with van der Waals surface area (Å²) in [4.78, 5) is 13.1. The zero-order valence-corrected chi connectivity index (χ0v) is 19.5. The molecule has 170 valence electrons. The normalized spacial score (nSPS) is 11.6. The number of halogens is 1. The second-order valence-electron chi connectivity index (χ2n) is 6.71. The maximum Gasteiger partial charge on any atom is 0.287 e. The number of methoxy groups -OCH3 is 3. The zero-order chi connectivity index (χ0) is 23.1. The topological polar surface area (TPSA) is 87.0 Å². The molecule has 0 spiro atoms. The van der Waals surface area contributed by atoms with E-state index in [2.05, 4.69) is 5.32 Å². The number of hydrogen-bond donors (Lipinski definition) is 1. The largest absolute Gasteiger partial charge is 0.493 e. The van der Waals surface area contributed by atoms with Crippen molar-refractivity contribution in [2.75, 3.05) is 27.9 Å². The summed E-state index contributed by atoms with van der Waals surface area (Å²) in [5.74, 6) is 2.06. The summed E-state index contributed by atoms with van der Waals surface area (Å²) in [6.45, 7) is 0.359. The Morgan fingerprint density at radius 3 is 2.34 bits per heavy atom. The van der Waals surface area contributed by atoms with Crippen molar-refractivity contribution in [1.29, 1.82) is 0 Å². The molecule has 32 heavy (non-hydrogen) atoms. The standard InChI is InChI=1S/C23H24ClNO6S/c1-28-19-10-4-15(21(29-2)22(19)30-3)12-13-25-23(26)20-11-7-17(31-20)14-32(27)18-8-5-16(24)6-9-18/h4-11H,12-14H2,1-3H3,(H,25,26)/t32-/m0/s1. The molecule has 0 saturated heterocycles. The molecule has 7 nitrogen and oxygen atoms in total. The Balaban J connectivity index is 1.58. The van der Waals surface area contributed by atoms with Crippen molar-refractivity contribution in [3.8, 4) is 17.2 Å². The third-order valence-corrected chi connectivity index (χ3v) is 6.30. The summed E-state index contributed by atoms with van der Waals surface area (Å²) in [6, 6.07) is 13.7. The van der Waals surface area contributed by atoms with E-state index in [1.807, 2.05) is 6.07 Å². The number of rotatable bonds is 10. The van der Waals surface area contributed by atoms with E-state index in [1.54, 1.807) is 63.8 Å². The van der Waals surface area contributed by atoms with E-state index in [9.17, 15) is 9.00 Å². The van der Waals surface area contributed by atoms with Gasteiger partial charge in [0.1, 0.15) is 5.76 Å². The molecule has 1 aromatic heterocycles. The summed E-state index contributed by atoms with van der Waals surface area (Å²) >= 11 is 5.86. The SMILES string of the molecule is COc1ccc(CCNC(=O)c2ccc(C[S@](=O)c3ccc(Cl)cc3)o2)c(OC)c1OC. The number of carbonyl (C=O) groups is 1. The number of hydrogen-bond acceptors (Lipinski definition) is 6. The fourth-order valence-corrected chi connectivity index (χ4v) is 4.28. The van der Waals surface area contributed by atoms with Crippen LogP contribution in [0.3, 0.4) is 0 Å². The molecule has 0 unspecified atom stereocenters. The van der Waals surface area contributed by atoms with Gasteiger partial charge in [-0.1, -0.05) is 17.7 Å². The Bertz CT molecular complexity index is 1100. The second kappa shape index (κ2) is 11.1. The van der Waals surface area contributed by atoms with Gasteiger partial charge >= 0.3 is 0 Å². The monoisotopic (exact) mass is 477 g/mol. The minimum Gasteiger partial charge on any atom is -0.493 e. The van der Waals surface area contributed by atoms with E-state index in [4.69, 9.17) is 30.2 Å². The molecule has 0 aliphatic carbocycles. The fourth-order valence-electron chi connectivity index (χ4n) is 3.13. The van der Waals surface area contributed by atoms with E-state index in [-0.39, 0.29) is 17.4 Å². The highest BCUT2D eigenvalue weighted by molar-refractivity contribution is 7.84. The van der Waals surface area contributed by atoms with Gasteiger partial charge in [-0.3, -0.25) is 9.00 Å². The lowest BCUT2D eigenvalue weighted by molar-refractivity contribution is 0.0925. The Morgan fingerprint density at radius 1 is 0.969 bits per heavy atom. The van der Waals surface area contributed by atoms with Gasteiger partial charge in [0.2, 0.25) is 5.75 Å². The summed E-state index contributed by atoms with van der Waals surface area (Å²) in [5, 5.41) is 3.40. The molecule has 0 fully saturated rings. The van der Waals surface area contributed by atoms with Crippen LogP contribution < -0.4 is 19.5 Å². The van der Waals surface area contributed by atoms with Crippen molar-refractivity contribution >= 4 is 28.3 Å². The van der Waals surface area contributed by atoms with Crippen LogP contribution in [0.4, 0.5) is 0 Å². The quantitative estimate of drug-likeness (QED) is 0.470. The second-order valence-corrected chi connectivity index (χ2v) is 8.60. The van der Waals surface area contributed by atoms with Gasteiger partial charge in [0.05, 0.1) is 37.9 Å². The third-order valence-electron chi connectivity index (χ3n) is 4.70. The van der Waals surface area contributed by atoms with Crippen LogP contribution in [0.2, 0.25) is 5.02 Å². The first-order valence-corrected chi connectivity index (χ1v) is 11.4. The molecule has 0 aliphatic heterocycles. The molecule has 1 amide bonds. The van der Waals surface area contributed by atoms with E-state index >= 15 is 0 Å². The summed E-state index contributed by atoms with van der Waals surface area (Å²) in [7, 11) is 3.35. The van der Waals surface area contributed by atoms with Crippen molar-refractivity contribution in [3.05, 3.63) is 70.6 Å². The molecule has 3 rings (SSSR count). The average molecular weight is 478 g/mol. The van der Waals surface area contributed by atoms with Crippen molar-refractivity contribution < 1.29 is 27.6 Å². The van der Waals surface area contributed by atoms with Gasteiger partial charge in [-0.15, -0.1) is 0 Å². The third kappa shape index (κ3) is 5.63. The Hall–Kier alpha value is -2.97. The highest BCUT2D eigenvalue weighted by Crippen LogP contribution is 2.39. The van der Waals surface area contributed by atoms with Gasteiger partial charge in [-0.25, -0.2) is 0 Å². The van der Waals surface area contributed by atoms with Crippen LogP contribution in [-0.4, -0.2) is 38.0 Å². The molecule has 0 aliphatic rings. The first-order chi connectivity index (χ1) is 15.5. The van der Waals surface area contributed by atoms with E-state index in [1.165, 1.54) is 0 Å². The van der Waals surface area contributed by atoms with Gasteiger partial charge in [-0.05, 0) is 48.9 Å². The van der Waals surface area contributed by atoms with Gasteiger partial charge in [0.15, 0.2) is 17.3 Å². The van der Waals surface area contributed by atoms with Crippen molar-refractivity contribution in [2.24, 2.45) is 0 Å². The Labute approximate surface area is 194 Å². The van der Waals surface area contributed by atoms with Crippen LogP contribution in [0, 0.1) is 0 Å². The smallest absolute Gasteiger partial charge is 0.287 e. The van der Waals surface area contributed by atoms with Crippen LogP contribution >= 0.6 is 11.6 Å². The van der Waals surface area contributed by atoms with Crippen LogP contribution in [0.25, 0.3) is 0 Å². The average Bonchev–Trinajstić information content (AvgIpc) is 3.27. The maximum absolute atomic E-state index is 12.5. The van der Waals surface area contributed by atoms with Crippen molar-refractivity contribution in [3.63, 3.8) is 0 Å². The maximum atomic E-state index is 12.5. The Kier molecular flexibility index (Phi) is 8.19. The van der Waals surface area contributed by atoms with E-state index in [0.29, 0.717) is 45.9 Å². The van der Waals surface area contributed by atoms with Gasteiger partial charge in [-0.2, -0.15) is 0 Å². The van der Waals surface area contributed by atoms with E-state index < -0.39 is 10.8 Å². The van der Waals surface area contributed by atoms with Crippen molar-refractivity contribution in [1.82, 2.24) is 5.32 Å². The lowest BCUT2D eigenvalue weighted by atomic mass is 10.1. The van der Waals surface area contributed by atoms with Crippen molar-refractivity contribution in [2.45, 2.75) is 17.1 Å². The molecule has 1 heterocycles. The van der Waals surface area contributed by atoms with E-state index in [0.717, 1.165) is 5.56 Å².